The molecule has 0 aromatic carbocycles. The number of carbonyl (C=O) groups excluding carboxylic acids is 2. The molecule has 6 heteroatoms. The van der Waals surface area contributed by atoms with E-state index in [0.29, 0.717) is 11.5 Å². The summed E-state index contributed by atoms with van der Waals surface area (Å²) in [6, 6.07) is 0. The Morgan fingerprint density at radius 2 is 2.00 bits per heavy atom. The van der Waals surface area contributed by atoms with Gasteiger partial charge in [0.1, 0.15) is 5.82 Å². The maximum atomic E-state index is 11.7. The van der Waals surface area contributed by atoms with Crippen LogP contribution in [-0.4, -0.2) is 33.7 Å². The van der Waals surface area contributed by atoms with Gasteiger partial charge in [0.2, 0.25) is 11.8 Å². The Labute approximate surface area is 98.0 Å². The second-order valence-corrected chi connectivity index (χ2v) is 4.35. The van der Waals surface area contributed by atoms with Crippen LogP contribution in [0.3, 0.4) is 0 Å². The summed E-state index contributed by atoms with van der Waals surface area (Å²) in [5.41, 5.74) is 0.631. The minimum Gasteiger partial charge on any atom is -0.372 e. The second kappa shape index (κ2) is 3.51. The van der Waals surface area contributed by atoms with Gasteiger partial charge in [-0.25, -0.2) is 4.98 Å². The molecule has 2 amide bonds. The van der Waals surface area contributed by atoms with Gasteiger partial charge in [0.05, 0.1) is 36.5 Å². The van der Waals surface area contributed by atoms with E-state index in [1.807, 2.05) is 0 Å². The number of hydrogen-bond acceptors (Lipinski definition) is 5. The van der Waals surface area contributed by atoms with Gasteiger partial charge in [-0.1, -0.05) is 0 Å². The van der Waals surface area contributed by atoms with Crippen molar-refractivity contribution in [3.63, 3.8) is 0 Å². The molecule has 0 spiro atoms. The molecule has 17 heavy (non-hydrogen) atoms. The summed E-state index contributed by atoms with van der Waals surface area (Å²) in [4.78, 5) is 33.0. The maximum Gasteiger partial charge on any atom is 0.233 e. The Bertz CT molecular complexity index is 465. The molecule has 2 unspecified atom stereocenters. The first-order chi connectivity index (χ1) is 8.20. The molecule has 1 saturated heterocycles. The number of imide groups is 1. The first-order valence-electron chi connectivity index (χ1n) is 5.54. The molecule has 1 N–H and O–H groups in total. The molecule has 88 valence electrons. The van der Waals surface area contributed by atoms with Crippen molar-refractivity contribution >= 4 is 17.6 Å². The van der Waals surface area contributed by atoms with Gasteiger partial charge >= 0.3 is 0 Å². The van der Waals surface area contributed by atoms with Gasteiger partial charge in [0.25, 0.3) is 0 Å². The van der Waals surface area contributed by atoms with E-state index in [9.17, 15) is 9.59 Å². The van der Waals surface area contributed by atoms with E-state index in [2.05, 4.69) is 15.3 Å². The lowest BCUT2D eigenvalue weighted by Gasteiger charge is -2.15. The summed E-state index contributed by atoms with van der Waals surface area (Å²) in [6.45, 7) is 0.238. The summed E-state index contributed by atoms with van der Waals surface area (Å²) in [7, 11) is 1.75. The van der Waals surface area contributed by atoms with E-state index in [-0.39, 0.29) is 30.2 Å². The van der Waals surface area contributed by atoms with Crippen LogP contribution in [0.5, 0.6) is 0 Å². The molecule has 1 aliphatic carbocycles. The predicted octanol–water partition coefficient (Wildman–Crippen LogP) is 0.0232. The van der Waals surface area contributed by atoms with Crippen LogP contribution < -0.4 is 5.32 Å². The van der Waals surface area contributed by atoms with Gasteiger partial charge in [0.15, 0.2) is 0 Å². The molecule has 2 atom stereocenters. The van der Waals surface area contributed by atoms with E-state index in [0.717, 1.165) is 6.42 Å². The molecule has 0 radical (unpaired) electrons. The standard InChI is InChI=1S/C11H12N4O2/c1-12-9-4-13-6(3-14-9)5-15-10(16)7-2-8(7)11(15)17/h3-4,7-8H,2,5H2,1H3,(H,12,14). The normalized spacial score (nSPS) is 26.1. The lowest BCUT2D eigenvalue weighted by molar-refractivity contribution is -0.142. The van der Waals surface area contributed by atoms with Crippen LogP contribution in [0.25, 0.3) is 0 Å². The highest BCUT2D eigenvalue weighted by Crippen LogP contribution is 2.47. The van der Waals surface area contributed by atoms with Crippen LogP contribution in [0.1, 0.15) is 12.1 Å². The average molecular weight is 232 g/mol. The third-order valence-corrected chi connectivity index (χ3v) is 3.24. The SMILES string of the molecule is CNc1cnc(CN2C(=O)C3CC3C2=O)cn1. The number of hydrogen-bond donors (Lipinski definition) is 1. The molecule has 1 aliphatic heterocycles. The van der Waals surface area contributed by atoms with Crippen molar-refractivity contribution < 1.29 is 9.59 Å². The molecule has 1 saturated carbocycles. The number of piperidine rings is 1. The highest BCUT2D eigenvalue weighted by atomic mass is 16.2. The van der Waals surface area contributed by atoms with Crippen LogP contribution >= 0.6 is 0 Å². The van der Waals surface area contributed by atoms with Crippen LogP contribution in [0.2, 0.25) is 0 Å². The van der Waals surface area contributed by atoms with Crippen LogP contribution in [-0.2, 0) is 16.1 Å². The Morgan fingerprint density at radius 1 is 1.29 bits per heavy atom. The van der Waals surface area contributed by atoms with Crippen LogP contribution in [0.4, 0.5) is 5.82 Å². The topological polar surface area (TPSA) is 75.2 Å². The molecular formula is C11H12N4O2. The third-order valence-electron chi connectivity index (χ3n) is 3.24. The minimum atomic E-state index is -0.0560. The zero-order valence-corrected chi connectivity index (χ0v) is 9.38. The fourth-order valence-corrected chi connectivity index (χ4v) is 2.13. The number of amides is 2. The fourth-order valence-electron chi connectivity index (χ4n) is 2.13. The van der Waals surface area contributed by atoms with Gasteiger partial charge in [0, 0.05) is 7.05 Å². The fraction of sp³-hybridized carbons (Fsp3) is 0.455. The van der Waals surface area contributed by atoms with Gasteiger partial charge < -0.3 is 5.32 Å². The Hall–Kier alpha value is -1.98. The lowest BCUT2D eigenvalue weighted by Crippen LogP contribution is -2.32. The van der Waals surface area contributed by atoms with Crippen molar-refractivity contribution in [3.05, 3.63) is 18.1 Å². The molecule has 3 rings (SSSR count). The van der Waals surface area contributed by atoms with Crippen molar-refractivity contribution in [2.75, 3.05) is 12.4 Å². The number of aromatic nitrogens is 2. The molecule has 2 fully saturated rings. The van der Waals surface area contributed by atoms with E-state index >= 15 is 0 Å². The van der Waals surface area contributed by atoms with E-state index in [1.54, 1.807) is 19.4 Å². The van der Waals surface area contributed by atoms with Gasteiger partial charge in [-0.05, 0) is 6.42 Å². The first-order valence-corrected chi connectivity index (χ1v) is 5.54. The lowest BCUT2D eigenvalue weighted by atomic mass is 10.3. The summed E-state index contributed by atoms with van der Waals surface area (Å²) < 4.78 is 0. The molecule has 1 aromatic heterocycles. The van der Waals surface area contributed by atoms with E-state index in [1.165, 1.54) is 4.90 Å². The Balaban J connectivity index is 1.74. The number of fused-ring (bicyclic) bond motifs is 1. The predicted molar refractivity (Wildman–Crippen MR) is 58.7 cm³/mol. The quantitative estimate of drug-likeness (QED) is 0.744. The van der Waals surface area contributed by atoms with E-state index in [4.69, 9.17) is 0 Å². The summed E-state index contributed by atoms with van der Waals surface area (Å²) in [6.07, 6.45) is 3.90. The summed E-state index contributed by atoms with van der Waals surface area (Å²) in [5.74, 6) is 0.453. The number of carbonyl (C=O) groups is 2. The van der Waals surface area contributed by atoms with Crippen molar-refractivity contribution in [3.8, 4) is 0 Å². The van der Waals surface area contributed by atoms with Gasteiger partial charge in [-0.15, -0.1) is 0 Å². The molecular weight excluding hydrogens is 220 g/mol. The van der Waals surface area contributed by atoms with Crippen molar-refractivity contribution in [1.29, 1.82) is 0 Å². The largest absolute Gasteiger partial charge is 0.372 e. The summed E-state index contributed by atoms with van der Waals surface area (Å²) >= 11 is 0. The zero-order chi connectivity index (χ0) is 12.0. The third kappa shape index (κ3) is 1.56. The second-order valence-electron chi connectivity index (χ2n) is 4.35. The number of nitrogens with one attached hydrogen (secondary N) is 1. The smallest absolute Gasteiger partial charge is 0.233 e. The highest BCUT2D eigenvalue weighted by Gasteiger charge is 2.58. The van der Waals surface area contributed by atoms with Crippen molar-refractivity contribution in [2.24, 2.45) is 11.8 Å². The highest BCUT2D eigenvalue weighted by molar-refractivity contribution is 6.08. The molecule has 2 aliphatic rings. The number of likely N-dealkylation sites (tertiary alicyclic amines) is 1. The first kappa shape index (κ1) is 10.2. The molecule has 0 bridgehead atoms. The number of anilines is 1. The Morgan fingerprint density at radius 3 is 2.53 bits per heavy atom. The Kier molecular flexibility index (Phi) is 2.10. The summed E-state index contributed by atoms with van der Waals surface area (Å²) in [5, 5.41) is 2.86. The maximum absolute atomic E-state index is 11.7. The van der Waals surface area contributed by atoms with Crippen LogP contribution in [0, 0.1) is 11.8 Å². The molecule has 6 nitrogen and oxygen atoms in total. The minimum absolute atomic E-state index is 0.0490. The van der Waals surface area contributed by atoms with E-state index < -0.39 is 0 Å². The van der Waals surface area contributed by atoms with Gasteiger partial charge in [-0.3, -0.25) is 19.5 Å². The van der Waals surface area contributed by atoms with Crippen molar-refractivity contribution in [1.82, 2.24) is 14.9 Å². The average Bonchev–Trinajstić information content (AvgIpc) is 3.11. The molecule has 1 aromatic rings. The van der Waals surface area contributed by atoms with Crippen molar-refractivity contribution in [2.45, 2.75) is 13.0 Å². The monoisotopic (exact) mass is 232 g/mol. The van der Waals surface area contributed by atoms with Gasteiger partial charge in [-0.2, -0.15) is 0 Å². The molecule has 2 heterocycles. The zero-order valence-electron chi connectivity index (χ0n) is 9.38. The number of nitrogens with zero attached hydrogens (tertiary/aromatic N) is 3. The number of rotatable bonds is 3. The van der Waals surface area contributed by atoms with Crippen LogP contribution in [0.15, 0.2) is 12.4 Å².